The number of hydrogen-bond donors (Lipinski definition) is 1. The molecule has 18 nitrogen and oxygen atoms in total. The summed E-state index contributed by atoms with van der Waals surface area (Å²) >= 11 is 0. The molecule has 4 atom stereocenters. The monoisotopic (exact) mass is 847 g/mol. The van der Waals surface area contributed by atoms with Gasteiger partial charge >= 0.3 is 30.2 Å². The molecule has 0 amide bonds. The van der Waals surface area contributed by atoms with Crippen molar-refractivity contribution in [3.63, 3.8) is 0 Å². The lowest BCUT2D eigenvalue weighted by molar-refractivity contribution is -1.11. The minimum absolute atomic E-state index is 0.112. The zero-order valence-electron chi connectivity index (χ0n) is 35.5. The molecule has 0 aromatic carbocycles. The van der Waals surface area contributed by atoms with Crippen LogP contribution in [0.5, 0.6) is 0 Å². The van der Waals surface area contributed by atoms with E-state index in [-0.39, 0.29) is 43.0 Å². The van der Waals surface area contributed by atoms with E-state index in [0.717, 1.165) is 0 Å². The van der Waals surface area contributed by atoms with Crippen LogP contribution in [-0.2, 0) is 31.6 Å². The summed E-state index contributed by atoms with van der Waals surface area (Å²) in [5.41, 5.74) is 5.18. The zero-order valence-corrected chi connectivity index (χ0v) is 38.1. The molecule has 320 valence electrons. The van der Waals surface area contributed by atoms with Crippen molar-refractivity contribution < 1.29 is 64.9 Å². The lowest BCUT2D eigenvalue weighted by Crippen LogP contribution is -2.54. The topological polar surface area (TPSA) is 195 Å². The molecule has 2 unspecified atom stereocenters. The summed E-state index contributed by atoms with van der Waals surface area (Å²) in [5.74, 6) is -0.257. The summed E-state index contributed by atoms with van der Waals surface area (Å²) < 4.78 is 43.9. The average molecular weight is 848 g/mol. The van der Waals surface area contributed by atoms with E-state index in [0.29, 0.717) is 85.0 Å². The fourth-order valence-corrected chi connectivity index (χ4v) is 13.2. The van der Waals surface area contributed by atoms with Crippen LogP contribution in [0.15, 0.2) is 29.2 Å². The highest BCUT2D eigenvalue weighted by molar-refractivity contribution is 7.73. The summed E-state index contributed by atoms with van der Waals surface area (Å²) in [6.45, 7) is 26.2. The van der Waals surface area contributed by atoms with Gasteiger partial charge < -0.3 is 20.4 Å². The van der Waals surface area contributed by atoms with Gasteiger partial charge in [0.2, 0.25) is 0 Å². The number of nitrogens with zero attached hydrogens (tertiary/aromatic N) is 6. The second kappa shape index (κ2) is 21.4. The Bertz CT molecular complexity index is 1350. The number of phosphoric acid groups is 3. The molecule has 0 spiro atoms. The lowest BCUT2D eigenvalue weighted by Gasteiger charge is -2.40. The fraction of sp³-hybridized carbons (Fsp3) is 0.824. The predicted octanol–water partition coefficient (Wildman–Crippen LogP) is 4.34. The first-order valence-electron chi connectivity index (χ1n) is 20.0. The molecule has 0 radical (unpaired) electrons. The van der Waals surface area contributed by atoms with Crippen molar-refractivity contribution in [2.75, 3.05) is 90.9 Å². The molecule has 1 aliphatic rings. The van der Waals surface area contributed by atoms with Crippen LogP contribution in [0.25, 0.3) is 0 Å². The first kappa shape index (κ1) is 50.3. The maximum atomic E-state index is 15.5. The Hall–Kier alpha value is -0.850. The summed E-state index contributed by atoms with van der Waals surface area (Å²) in [4.78, 5) is 62.2. The van der Waals surface area contributed by atoms with E-state index in [2.05, 4.69) is 4.98 Å². The molecular formula is C34H72N7O11P3+4. The molecule has 1 aliphatic carbocycles. The quantitative estimate of drug-likeness (QED) is 0.0542. The smallest absolute Gasteiger partial charge is 0.564 e. The van der Waals surface area contributed by atoms with E-state index in [9.17, 15) is 4.79 Å². The second-order valence-electron chi connectivity index (χ2n) is 13.6. The maximum Gasteiger partial charge on any atom is 0.564 e. The van der Waals surface area contributed by atoms with Gasteiger partial charge in [-0.3, -0.25) is 4.57 Å². The molecule has 0 saturated carbocycles. The summed E-state index contributed by atoms with van der Waals surface area (Å²) in [5, 5.41) is 0. The van der Waals surface area contributed by atoms with Crippen molar-refractivity contribution in [1.82, 2.24) is 9.55 Å². The van der Waals surface area contributed by atoms with E-state index in [1.165, 1.54) is 10.6 Å². The number of allylic oxidation sites excluding steroid dienone is 1. The average Bonchev–Trinajstić information content (AvgIpc) is 3.65. The van der Waals surface area contributed by atoms with Crippen molar-refractivity contribution >= 4 is 30.3 Å². The first-order chi connectivity index (χ1) is 25.8. The molecule has 0 fully saturated rings. The molecule has 0 bridgehead atoms. The minimum atomic E-state index is -5.29. The Morgan fingerprint density at radius 1 is 0.636 bits per heavy atom. The van der Waals surface area contributed by atoms with Crippen LogP contribution in [0.2, 0.25) is 0 Å². The van der Waals surface area contributed by atoms with E-state index < -0.39 is 30.2 Å². The Morgan fingerprint density at radius 2 is 1.00 bits per heavy atom. The minimum Gasteiger partial charge on any atom is -0.598 e. The molecular weight excluding hydrogens is 775 g/mol. The van der Waals surface area contributed by atoms with Gasteiger partial charge in [0, 0.05) is 39.2 Å². The number of nitrogen functional groups attached to an aromatic ring is 1. The number of nitrogens with two attached hydrogens (primary N) is 1. The third kappa shape index (κ3) is 13.1. The van der Waals surface area contributed by atoms with Crippen LogP contribution < -0.4 is 26.1 Å². The predicted molar refractivity (Wildman–Crippen MR) is 210 cm³/mol. The van der Waals surface area contributed by atoms with Gasteiger partial charge in [-0.05, 0) is 95.6 Å². The van der Waals surface area contributed by atoms with Crippen LogP contribution >= 0.6 is 24.5 Å². The molecule has 1 aromatic heterocycles. The molecule has 55 heavy (non-hydrogen) atoms. The maximum absolute atomic E-state index is 15.5. The highest BCUT2D eigenvalue weighted by Gasteiger charge is 2.71. The fourth-order valence-electron chi connectivity index (χ4n) is 6.57. The SMILES string of the molecule is CC[N+](CC)(CC)O[P+]([O-])(OC[C@@H]1C=C[C@H](n2ccc(N)nc2=O)C1)O[P+]([O-])(O[N+](CC)(CC)CC)O[P+]([O-])(O[N+](CC)(CC)CC)O[N+](CC)(CC)CC. The normalized spacial score (nSPS) is 19.5. The molecule has 1 aromatic rings. The number of aromatic nitrogens is 2. The number of hydrogen-bond acceptors (Lipinski definition) is 13. The second-order valence-corrected chi connectivity index (χ2v) is 18.5. The van der Waals surface area contributed by atoms with Crippen LogP contribution in [0.3, 0.4) is 0 Å². The van der Waals surface area contributed by atoms with Gasteiger partial charge in [-0.25, -0.2) is 4.79 Å². The first-order valence-corrected chi connectivity index (χ1v) is 24.4. The van der Waals surface area contributed by atoms with Crippen molar-refractivity contribution in [3.8, 4) is 0 Å². The van der Waals surface area contributed by atoms with Crippen LogP contribution in [-0.4, -0.2) is 113 Å². The Labute approximate surface area is 331 Å². The van der Waals surface area contributed by atoms with Gasteiger partial charge in [0.25, 0.3) is 0 Å². The summed E-state index contributed by atoms with van der Waals surface area (Å²) in [6, 6.07) is 1.16. The van der Waals surface area contributed by atoms with Crippen LogP contribution in [0.4, 0.5) is 5.82 Å². The van der Waals surface area contributed by atoms with Crippen molar-refractivity contribution in [2.45, 2.75) is 95.5 Å². The molecule has 2 N–H and O–H groups in total. The van der Waals surface area contributed by atoms with Gasteiger partial charge in [0.05, 0.1) is 6.04 Å². The van der Waals surface area contributed by atoms with Crippen molar-refractivity contribution in [2.24, 2.45) is 5.92 Å². The van der Waals surface area contributed by atoms with E-state index >= 15 is 14.7 Å². The number of quaternary nitrogens is 4. The van der Waals surface area contributed by atoms with Gasteiger partial charge in [0.15, 0.2) is 0 Å². The van der Waals surface area contributed by atoms with E-state index in [1.807, 2.05) is 95.2 Å². The third-order valence-electron chi connectivity index (χ3n) is 11.2. The van der Waals surface area contributed by atoms with Crippen LogP contribution in [0.1, 0.15) is 95.5 Å². The van der Waals surface area contributed by atoms with Gasteiger partial charge in [-0.1, -0.05) is 12.2 Å². The molecule has 1 heterocycles. The molecule has 0 aliphatic heterocycles. The zero-order chi connectivity index (χ0) is 41.8. The molecule has 0 saturated heterocycles. The highest BCUT2D eigenvalue weighted by atomic mass is 31.3. The number of hydroxylamine groups is 12. The van der Waals surface area contributed by atoms with Crippen molar-refractivity contribution in [3.05, 3.63) is 34.9 Å². The Morgan fingerprint density at radius 3 is 1.38 bits per heavy atom. The van der Waals surface area contributed by atoms with Gasteiger partial charge in [-0.2, -0.15) is 9.51 Å². The van der Waals surface area contributed by atoms with Gasteiger partial charge in [-0.15, -0.1) is 18.6 Å². The third-order valence-corrected chi connectivity index (χ3v) is 17.1. The van der Waals surface area contributed by atoms with Crippen LogP contribution in [0, 0.1) is 5.92 Å². The Balaban J connectivity index is 2.73. The highest BCUT2D eigenvalue weighted by Crippen LogP contribution is 2.79. The lowest BCUT2D eigenvalue weighted by atomic mass is 10.1. The van der Waals surface area contributed by atoms with Gasteiger partial charge in [0.1, 0.15) is 91.0 Å². The van der Waals surface area contributed by atoms with Crippen molar-refractivity contribution in [1.29, 1.82) is 0 Å². The largest absolute Gasteiger partial charge is 0.598 e. The summed E-state index contributed by atoms with van der Waals surface area (Å²) in [6.07, 6.45) is 5.60. The number of rotatable bonds is 28. The molecule has 2 rings (SSSR count). The Kier molecular flexibility index (Phi) is 19.6. The standard InChI is InChI=1S/C34H71N7O11P3/c1-13-38(14-2,15-3)47-53(43,46-30-31-25-26-32(29-31)37-28-27-33(35)36-34(37)42)51-55(45,50-41(22-10,23-11)24-12)52-54(44,48-39(16-4,17-5)18-6)49-40(19-7,20-8)21-9/h25-28,31-32H,13-24,29-30H2,1-12H3,(H-,35,36,42)/q+3/p+1/t31-,32+,53?,55?/m1/s1. The van der Waals surface area contributed by atoms with E-state index in [1.54, 1.807) is 6.20 Å². The summed E-state index contributed by atoms with van der Waals surface area (Å²) in [7, 11) is -15.2. The molecule has 21 heteroatoms. The van der Waals surface area contributed by atoms with E-state index in [4.69, 9.17) is 37.4 Å². The number of anilines is 1.